The Bertz CT molecular complexity index is 701. The van der Waals surface area contributed by atoms with Crippen molar-refractivity contribution in [3.63, 3.8) is 0 Å². The quantitative estimate of drug-likeness (QED) is 0.739. The van der Waals surface area contributed by atoms with Crippen molar-refractivity contribution in [3.8, 4) is 5.82 Å². The minimum Gasteiger partial charge on any atom is -0.468 e. The standard InChI is InChI=1S/C15H18N6O3/c1-24-15(23)13-10(3-2-6-17-13)18-14(22)11-4-5-12(20-19-11)21-8-7-16-9-21/h4-5,7-10,13,17H,2-3,6H2,1H3,(H,18,22). The topological polar surface area (TPSA) is 111 Å². The zero-order chi connectivity index (χ0) is 16.9. The first-order valence-corrected chi connectivity index (χ1v) is 7.63. The minimum atomic E-state index is -0.550. The van der Waals surface area contributed by atoms with Gasteiger partial charge in [0, 0.05) is 12.4 Å². The maximum atomic E-state index is 12.4. The summed E-state index contributed by atoms with van der Waals surface area (Å²) in [4.78, 5) is 28.1. The van der Waals surface area contributed by atoms with Gasteiger partial charge in [-0.2, -0.15) is 0 Å². The lowest BCUT2D eigenvalue weighted by Crippen LogP contribution is -2.57. The number of hydrogen-bond donors (Lipinski definition) is 2. The first kappa shape index (κ1) is 16.1. The molecule has 126 valence electrons. The van der Waals surface area contributed by atoms with Crippen LogP contribution in [0, 0.1) is 0 Å². The first-order chi connectivity index (χ1) is 11.7. The van der Waals surface area contributed by atoms with Crippen molar-refractivity contribution in [1.29, 1.82) is 0 Å². The lowest BCUT2D eigenvalue weighted by molar-refractivity contribution is -0.144. The summed E-state index contributed by atoms with van der Waals surface area (Å²) < 4.78 is 6.46. The highest BCUT2D eigenvalue weighted by Gasteiger charge is 2.32. The van der Waals surface area contributed by atoms with Gasteiger partial charge in [-0.1, -0.05) is 0 Å². The number of rotatable bonds is 4. The molecule has 0 bridgehead atoms. The average Bonchev–Trinajstić information content (AvgIpc) is 3.16. The van der Waals surface area contributed by atoms with Gasteiger partial charge in [0.25, 0.3) is 5.91 Å². The number of nitrogens with one attached hydrogen (secondary N) is 2. The van der Waals surface area contributed by atoms with Crippen LogP contribution in [0.15, 0.2) is 30.9 Å². The van der Waals surface area contributed by atoms with Crippen LogP contribution in [0.2, 0.25) is 0 Å². The van der Waals surface area contributed by atoms with Crippen LogP contribution in [-0.4, -0.2) is 57.4 Å². The summed E-state index contributed by atoms with van der Waals surface area (Å²) in [5, 5.41) is 13.9. The van der Waals surface area contributed by atoms with Crippen LogP contribution in [0.4, 0.5) is 0 Å². The molecule has 0 spiro atoms. The molecule has 2 unspecified atom stereocenters. The van der Waals surface area contributed by atoms with Crippen molar-refractivity contribution in [3.05, 3.63) is 36.5 Å². The highest BCUT2D eigenvalue weighted by molar-refractivity contribution is 5.93. The number of hydrogen-bond acceptors (Lipinski definition) is 7. The molecule has 2 atom stereocenters. The molecule has 1 amide bonds. The van der Waals surface area contributed by atoms with Gasteiger partial charge in [-0.15, -0.1) is 10.2 Å². The number of amides is 1. The third-order valence-corrected chi connectivity index (χ3v) is 3.88. The lowest BCUT2D eigenvalue weighted by Gasteiger charge is -2.31. The third-order valence-electron chi connectivity index (χ3n) is 3.88. The molecule has 1 aliphatic rings. The molecule has 2 N–H and O–H groups in total. The number of carbonyl (C=O) groups excluding carboxylic acids is 2. The van der Waals surface area contributed by atoms with Crippen molar-refractivity contribution in [2.75, 3.05) is 13.7 Å². The number of imidazole rings is 1. The Morgan fingerprint density at radius 3 is 2.92 bits per heavy atom. The fourth-order valence-electron chi connectivity index (χ4n) is 2.64. The second-order valence-corrected chi connectivity index (χ2v) is 5.42. The number of methoxy groups -OCH3 is 1. The van der Waals surface area contributed by atoms with Gasteiger partial charge in [0.05, 0.1) is 13.2 Å². The van der Waals surface area contributed by atoms with Crippen LogP contribution in [0.25, 0.3) is 5.82 Å². The van der Waals surface area contributed by atoms with E-state index in [1.165, 1.54) is 7.11 Å². The summed E-state index contributed by atoms with van der Waals surface area (Å²) in [7, 11) is 1.33. The molecule has 0 radical (unpaired) electrons. The van der Waals surface area contributed by atoms with E-state index < -0.39 is 6.04 Å². The number of carbonyl (C=O) groups is 2. The maximum absolute atomic E-state index is 12.4. The van der Waals surface area contributed by atoms with Gasteiger partial charge in [0.2, 0.25) is 0 Å². The Kier molecular flexibility index (Phi) is 4.80. The van der Waals surface area contributed by atoms with E-state index in [4.69, 9.17) is 4.74 Å². The second kappa shape index (κ2) is 7.18. The van der Waals surface area contributed by atoms with Gasteiger partial charge >= 0.3 is 5.97 Å². The monoisotopic (exact) mass is 330 g/mol. The molecular formula is C15H18N6O3. The Hall–Kier alpha value is -2.81. The SMILES string of the molecule is COC(=O)C1NCCCC1NC(=O)c1ccc(-n2ccnc2)nn1. The fraction of sp³-hybridized carbons (Fsp3) is 0.400. The Morgan fingerprint density at radius 2 is 2.25 bits per heavy atom. The van der Waals surface area contributed by atoms with E-state index >= 15 is 0 Å². The Morgan fingerprint density at radius 1 is 1.38 bits per heavy atom. The zero-order valence-corrected chi connectivity index (χ0v) is 13.2. The number of esters is 1. The van der Waals surface area contributed by atoms with Crippen molar-refractivity contribution in [2.45, 2.75) is 24.9 Å². The third kappa shape index (κ3) is 3.40. The van der Waals surface area contributed by atoms with E-state index in [-0.39, 0.29) is 23.6 Å². The highest BCUT2D eigenvalue weighted by atomic mass is 16.5. The number of nitrogens with zero attached hydrogens (tertiary/aromatic N) is 4. The van der Waals surface area contributed by atoms with Gasteiger partial charge in [-0.3, -0.25) is 14.2 Å². The number of aromatic nitrogens is 4. The van der Waals surface area contributed by atoms with Crippen molar-refractivity contribution in [2.24, 2.45) is 0 Å². The molecule has 9 nitrogen and oxygen atoms in total. The van der Waals surface area contributed by atoms with Gasteiger partial charge in [0.1, 0.15) is 12.4 Å². The average molecular weight is 330 g/mol. The van der Waals surface area contributed by atoms with E-state index in [1.54, 1.807) is 35.4 Å². The van der Waals surface area contributed by atoms with Crippen LogP contribution in [0.3, 0.4) is 0 Å². The molecular weight excluding hydrogens is 312 g/mol. The van der Waals surface area contributed by atoms with E-state index in [1.807, 2.05) is 0 Å². The summed E-state index contributed by atoms with van der Waals surface area (Å²) in [6.07, 6.45) is 6.52. The molecule has 2 aromatic rings. The Balaban J connectivity index is 1.68. The van der Waals surface area contributed by atoms with Crippen LogP contribution >= 0.6 is 0 Å². The fourth-order valence-corrected chi connectivity index (χ4v) is 2.64. The van der Waals surface area contributed by atoms with E-state index in [0.717, 1.165) is 6.42 Å². The largest absolute Gasteiger partial charge is 0.468 e. The molecule has 2 aromatic heterocycles. The van der Waals surface area contributed by atoms with Gasteiger partial charge < -0.3 is 15.4 Å². The summed E-state index contributed by atoms with van der Waals surface area (Å²) in [6.45, 7) is 0.714. The van der Waals surface area contributed by atoms with Crippen LogP contribution in [0.5, 0.6) is 0 Å². The molecule has 0 aliphatic carbocycles. The van der Waals surface area contributed by atoms with Crippen LogP contribution < -0.4 is 10.6 Å². The highest BCUT2D eigenvalue weighted by Crippen LogP contribution is 2.11. The van der Waals surface area contributed by atoms with Crippen molar-refractivity contribution < 1.29 is 14.3 Å². The zero-order valence-electron chi connectivity index (χ0n) is 13.2. The summed E-state index contributed by atoms with van der Waals surface area (Å²) in [5.74, 6) is -0.195. The predicted octanol–water partition coefficient (Wildman–Crippen LogP) is -0.314. The van der Waals surface area contributed by atoms with E-state index in [9.17, 15) is 9.59 Å². The summed E-state index contributed by atoms with van der Waals surface area (Å²) >= 11 is 0. The van der Waals surface area contributed by atoms with Crippen molar-refractivity contribution >= 4 is 11.9 Å². The molecule has 1 aliphatic heterocycles. The molecule has 1 saturated heterocycles. The van der Waals surface area contributed by atoms with Gasteiger partial charge in [-0.25, -0.2) is 4.98 Å². The van der Waals surface area contributed by atoms with Crippen molar-refractivity contribution in [1.82, 2.24) is 30.4 Å². The number of ether oxygens (including phenoxy) is 1. The predicted molar refractivity (Wildman–Crippen MR) is 83.4 cm³/mol. The maximum Gasteiger partial charge on any atom is 0.325 e. The van der Waals surface area contributed by atoms with Crippen LogP contribution in [-0.2, 0) is 9.53 Å². The molecule has 0 saturated carbocycles. The summed E-state index contributed by atoms with van der Waals surface area (Å²) in [6, 6.07) is 2.38. The Labute approximate surface area is 138 Å². The molecule has 9 heteroatoms. The van der Waals surface area contributed by atoms with Gasteiger partial charge in [0.15, 0.2) is 11.5 Å². The molecule has 24 heavy (non-hydrogen) atoms. The number of piperidine rings is 1. The normalized spacial score (nSPS) is 20.4. The summed E-state index contributed by atoms with van der Waals surface area (Å²) in [5.41, 5.74) is 0.188. The van der Waals surface area contributed by atoms with E-state index in [0.29, 0.717) is 18.8 Å². The van der Waals surface area contributed by atoms with Crippen LogP contribution in [0.1, 0.15) is 23.3 Å². The molecule has 3 heterocycles. The molecule has 1 fully saturated rings. The minimum absolute atomic E-state index is 0.188. The second-order valence-electron chi connectivity index (χ2n) is 5.42. The van der Waals surface area contributed by atoms with Gasteiger partial charge in [-0.05, 0) is 31.5 Å². The molecule has 3 rings (SSSR count). The molecule has 0 aromatic carbocycles. The smallest absolute Gasteiger partial charge is 0.325 e. The first-order valence-electron chi connectivity index (χ1n) is 7.63. The van der Waals surface area contributed by atoms with E-state index in [2.05, 4.69) is 25.8 Å². The lowest BCUT2D eigenvalue weighted by atomic mass is 9.98.